The average molecular weight is 303 g/mol. The van der Waals surface area contributed by atoms with E-state index in [0.29, 0.717) is 0 Å². The molecule has 0 bridgehead atoms. The summed E-state index contributed by atoms with van der Waals surface area (Å²) in [5.41, 5.74) is 2.29. The van der Waals surface area contributed by atoms with Gasteiger partial charge in [-0.3, -0.25) is 0 Å². The fourth-order valence-electron chi connectivity index (χ4n) is 2.62. The predicted molar refractivity (Wildman–Crippen MR) is 87.3 cm³/mol. The minimum atomic E-state index is 0.790. The van der Waals surface area contributed by atoms with Gasteiger partial charge in [-0.15, -0.1) is 0 Å². The molecule has 5 heteroatoms. The third-order valence-corrected chi connectivity index (χ3v) is 4.08. The number of anilines is 2. The summed E-state index contributed by atoms with van der Waals surface area (Å²) in [5.74, 6) is 1.03. The maximum absolute atomic E-state index is 6.07. The largest absolute Gasteiger partial charge is 0.368 e. The summed E-state index contributed by atoms with van der Waals surface area (Å²) in [6, 6.07) is 10.1. The average Bonchev–Trinajstić information content (AvgIpc) is 2.55. The molecule has 110 valence electrons. The van der Waals surface area contributed by atoms with Gasteiger partial charge in [0.05, 0.1) is 0 Å². The molecule has 2 aromatic rings. The highest BCUT2D eigenvalue weighted by Gasteiger charge is 2.18. The lowest BCUT2D eigenvalue weighted by Gasteiger charge is -2.36. The fraction of sp³-hybridized carbons (Fsp3) is 0.375. The van der Waals surface area contributed by atoms with Gasteiger partial charge in [-0.05, 0) is 24.6 Å². The van der Waals surface area contributed by atoms with E-state index in [4.69, 9.17) is 11.6 Å². The van der Waals surface area contributed by atoms with E-state index in [1.54, 1.807) is 6.33 Å². The van der Waals surface area contributed by atoms with Gasteiger partial charge in [0.15, 0.2) is 0 Å². The highest BCUT2D eigenvalue weighted by molar-refractivity contribution is 6.30. The minimum Gasteiger partial charge on any atom is -0.368 e. The van der Waals surface area contributed by atoms with E-state index in [2.05, 4.69) is 38.8 Å². The molecule has 1 fully saturated rings. The first-order valence-electron chi connectivity index (χ1n) is 7.32. The number of hydrogen-bond donors (Lipinski definition) is 0. The summed E-state index contributed by atoms with van der Waals surface area (Å²) >= 11 is 6.07. The summed E-state index contributed by atoms with van der Waals surface area (Å²) in [5, 5.41) is 0.790. The Morgan fingerprint density at radius 1 is 1.05 bits per heavy atom. The molecule has 0 unspecified atom stereocenters. The summed E-state index contributed by atoms with van der Waals surface area (Å²) in [4.78, 5) is 13.3. The van der Waals surface area contributed by atoms with Crippen molar-refractivity contribution in [3.05, 3.63) is 47.4 Å². The Balaban J connectivity index is 1.67. The first-order chi connectivity index (χ1) is 10.3. The molecule has 0 aliphatic carbocycles. The Kier molecular flexibility index (Phi) is 4.25. The summed E-state index contributed by atoms with van der Waals surface area (Å²) in [7, 11) is 0. The standard InChI is InChI=1S/C16H19ClN4/c1-2-14-11-16(19-12-18-14)21-8-6-20(7-9-21)15-5-3-4-13(17)10-15/h3-5,10-12H,2,6-9H2,1H3. The molecular formula is C16H19ClN4. The van der Waals surface area contributed by atoms with Crippen LogP contribution >= 0.6 is 11.6 Å². The van der Waals surface area contributed by atoms with Gasteiger partial charge in [0, 0.05) is 48.6 Å². The van der Waals surface area contributed by atoms with Crippen LogP contribution in [0.2, 0.25) is 5.02 Å². The van der Waals surface area contributed by atoms with E-state index in [1.807, 2.05) is 18.2 Å². The summed E-state index contributed by atoms with van der Waals surface area (Å²) < 4.78 is 0. The van der Waals surface area contributed by atoms with Crippen LogP contribution in [0.15, 0.2) is 36.7 Å². The molecule has 1 aliphatic heterocycles. The number of hydrogen-bond acceptors (Lipinski definition) is 4. The van der Waals surface area contributed by atoms with Gasteiger partial charge in [0.1, 0.15) is 12.1 Å². The highest BCUT2D eigenvalue weighted by Crippen LogP contribution is 2.22. The zero-order valence-corrected chi connectivity index (χ0v) is 12.9. The first kappa shape index (κ1) is 14.1. The van der Waals surface area contributed by atoms with Gasteiger partial charge in [-0.2, -0.15) is 0 Å². The van der Waals surface area contributed by atoms with E-state index in [0.717, 1.165) is 49.1 Å². The molecule has 3 rings (SSSR count). The molecule has 1 aromatic heterocycles. The second-order valence-electron chi connectivity index (χ2n) is 5.18. The van der Waals surface area contributed by atoms with E-state index in [9.17, 15) is 0 Å². The van der Waals surface area contributed by atoms with Gasteiger partial charge >= 0.3 is 0 Å². The Bertz CT molecular complexity index is 609. The lowest BCUT2D eigenvalue weighted by Crippen LogP contribution is -2.46. The van der Waals surface area contributed by atoms with Crippen LogP contribution in [0.4, 0.5) is 11.5 Å². The quantitative estimate of drug-likeness (QED) is 0.872. The molecule has 0 amide bonds. The molecule has 21 heavy (non-hydrogen) atoms. The molecule has 0 saturated carbocycles. The summed E-state index contributed by atoms with van der Waals surface area (Å²) in [6.45, 7) is 6.00. The minimum absolute atomic E-state index is 0.790. The van der Waals surface area contributed by atoms with Crippen LogP contribution in [0.25, 0.3) is 0 Å². The van der Waals surface area contributed by atoms with Crippen molar-refractivity contribution in [2.75, 3.05) is 36.0 Å². The number of aryl methyl sites for hydroxylation is 1. The van der Waals surface area contributed by atoms with Gasteiger partial charge < -0.3 is 9.80 Å². The maximum Gasteiger partial charge on any atom is 0.132 e. The monoisotopic (exact) mass is 302 g/mol. The van der Waals surface area contributed by atoms with Crippen molar-refractivity contribution in [1.29, 1.82) is 0 Å². The highest BCUT2D eigenvalue weighted by atomic mass is 35.5. The van der Waals surface area contributed by atoms with Gasteiger partial charge in [-0.1, -0.05) is 24.6 Å². The Morgan fingerprint density at radius 3 is 2.52 bits per heavy atom. The zero-order valence-electron chi connectivity index (χ0n) is 12.2. The topological polar surface area (TPSA) is 32.3 Å². The van der Waals surface area contributed by atoms with Crippen molar-refractivity contribution in [2.24, 2.45) is 0 Å². The van der Waals surface area contributed by atoms with Crippen LogP contribution in [-0.4, -0.2) is 36.1 Å². The third kappa shape index (κ3) is 3.27. The normalized spacial score (nSPS) is 15.3. The number of aromatic nitrogens is 2. The van der Waals surface area contributed by atoms with E-state index < -0.39 is 0 Å². The van der Waals surface area contributed by atoms with Crippen molar-refractivity contribution < 1.29 is 0 Å². The van der Waals surface area contributed by atoms with Crippen LogP contribution in [0.1, 0.15) is 12.6 Å². The SMILES string of the molecule is CCc1cc(N2CCN(c3cccc(Cl)c3)CC2)ncn1. The molecule has 1 aromatic carbocycles. The van der Waals surface area contributed by atoms with Crippen molar-refractivity contribution in [3.63, 3.8) is 0 Å². The lowest BCUT2D eigenvalue weighted by atomic mass is 10.2. The maximum atomic E-state index is 6.07. The summed E-state index contributed by atoms with van der Waals surface area (Å²) in [6.07, 6.45) is 2.61. The second kappa shape index (κ2) is 6.31. The van der Waals surface area contributed by atoms with Crippen molar-refractivity contribution in [3.8, 4) is 0 Å². The van der Waals surface area contributed by atoms with Crippen molar-refractivity contribution in [2.45, 2.75) is 13.3 Å². The molecule has 1 aliphatic rings. The number of nitrogens with zero attached hydrogens (tertiary/aromatic N) is 4. The number of benzene rings is 1. The Hall–Kier alpha value is -1.81. The van der Waals surface area contributed by atoms with Crippen molar-refractivity contribution >= 4 is 23.1 Å². The van der Waals surface area contributed by atoms with Crippen molar-refractivity contribution in [1.82, 2.24) is 9.97 Å². The van der Waals surface area contributed by atoms with E-state index in [-0.39, 0.29) is 0 Å². The molecule has 0 atom stereocenters. The molecule has 0 spiro atoms. The van der Waals surface area contributed by atoms with Crippen LogP contribution < -0.4 is 9.80 Å². The number of rotatable bonds is 3. The van der Waals surface area contributed by atoms with E-state index in [1.165, 1.54) is 5.69 Å². The van der Waals surface area contributed by atoms with E-state index >= 15 is 0 Å². The second-order valence-corrected chi connectivity index (χ2v) is 5.61. The van der Waals surface area contributed by atoms with Crippen LogP contribution in [-0.2, 0) is 6.42 Å². The van der Waals surface area contributed by atoms with Gasteiger partial charge in [0.25, 0.3) is 0 Å². The predicted octanol–water partition coefficient (Wildman–Crippen LogP) is 3.02. The molecule has 0 N–H and O–H groups in total. The molecule has 0 radical (unpaired) electrons. The third-order valence-electron chi connectivity index (χ3n) is 3.85. The Morgan fingerprint density at radius 2 is 1.81 bits per heavy atom. The van der Waals surface area contributed by atoms with Crippen LogP contribution in [0.3, 0.4) is 0 Å². The molecular weight excluding hydrogens is 284 g/mol. The molecule has 1 saturated heterocycles. The molecule has 4 nitrogen and oxygen atoms in total. The smallest absolute Gasteiger partial charge is 0.132 e. The first-order valence-corrected chi connectivity index (χ1v) is 7.70. The van der Waals surface area contributed by atoms with Gasteiger partial charge in [-0.25, -0.2) is 9.97 Å². The van der Waals surface area contributed by atoms with Gasteiger partial charge in [0.2, 0.25) is 0 Å². The van der Waals surface area contributed by atoms with Crippen LogP contribution in [0, 0.1) is 0 Å². The molecule has 2 heterocycles. The number of piperazine rings is 1. The fourth-order valence-corrected chi connectivity index (χ4v) is 2.80. The van der Waals surface area contributed by atoms with Crippen LogP contribution in [0.5, 0.6) is 0 Å². The Labute approximate surface area is 130 Å². The number of halogens is 1. The lowest BCUT2D eigenvalue weighted by molar-refractivity contribution is 0.646. The zero-order chi connectivity index (χ0) is 14.7.